The summed E-state index contributed by atoms with van der Waals surface area (Å²) in [7, 11) is 1.82. The van der Waals surface area contributed by atoms with Crippen LogP contribution in [0.25, 0.3) is 0 Å². The first-order chi connectivity index (χ1) is 18.1. The molecule has 5 rings (SSSR count). The first kappa shape index (κ1) is 24.8. The van der Waals surface area contributed by atoms with Crippen LogP contribution in [0.3, 0.4) is 0 Å². The number of allylic oxidation sites excluding steroid dienone is 4. The topological polar surface area (TPSA) is 66.2 Å². The molecule has 1 aromatic carbocycles. The van der Waals surface area contributed by atoms with E-state index in [4.69, 9.17) is 9.15 Å². The van der Waals surface area contributed by atoms with Gasteiger partial charge in [0.15, 0.2) is 5.78 Å². The van der Waals surface area contributed by atoms with Gasteiger partial charge in [-0.15, -0.1) is 0 Å². The van der Waals surface area contributed by atoms with Gasteiger partial charge in [-0.2, -0.15) is 0 Å². The average Bonchev–Trinajstić information content (AvgIpc) is 3.45. The molecule has 7 nitrogen and oxygen atoms in total. The summed E-state index contributed by atoms with van der Waals surface area (Å²) in [4.78, 5) is 31.3. The number of rotatable bonds is 8. The van der Waals surface area contributed by atoms with E-state index in [2.05, 4.69) is 15.9 Å². The minimum atomic E-state index is 0.0291. The Morgan fingerprint density at radius 3 is 2.73 bits per heavy atom. The third-order valence-electron chi connectivity index (χ3n) is 7.20. The lowest BCUT2D eigenvalue weighted by atomic mass is 9.86. The molecule has 2 aromatic rings. The quantitative estimate of drug-likeness (QED) is 0.518. The molecule has 0 atom stereocenters. The summed E-state index contributed by atoms with van der Waals surface area (Å²) < 4.78 is 11.1. The van der Waals surface area contributed by atoms with Gasteiger partial charge in [0, 0.05) is 50.1 Å². The maximum atomic E-state index is 13.3. The van der Waals surface area contributed by atoms with E-state index in [9.17, 15) is 9.59 Å². The molecule has 2 aliphatic heterocycles. The lowest BCUT2D eigenvalue weighted by Gasteiger charge is -2.34. The largest absolute Gasteiger partial charge is 0.467 e. The molecule has 0 spiro atoms. The lowest BCUT2D eigenvalue weighted by Crippen LogP contribution is -2.38. The Bertz CT molecular complexity index is 1230. The maximum Gasteiger partial charge on any atom is 0.254 e. The van der Waals surface area contributed by atoms with Crippen LogP contribution in [0.4, 0.5) is 0 Å². The van der Waals surface area contributed by atoms with Crippen molar-refractivity contribution < 1.29 is 18.7 Å². The number of carbonyl (C=O) groups excluding carboxylic acids is 2. The number of carbonyl (C=O) groups is 2. The number of nitrogens with zero attached hydrogens (tertiary/aromatic N) is 3. The molecule has 1 aromatic heterocycles. The van der Waals surface area contributed by atoms with Crippen LogP contribution < -0.4 is 0 Å². The normalized spacial score (nSPS) is 18.4. The summed E-state index contributed by atoms with van der Waals surface area (Å²) in [5.41, 5.74) is 2.84. The first-order valence-electron chi connectivity index (χ1n) is 12.9. The van der Waals surface area contributed by atoms with E-state index in [1.54, 1.807) is 29.6 Å². The van der Waals surface area contributed by atoms with Crippen molar-refractivity contribution in [3.63, 3.8) is 0 Å². The molecular formula is C30H33N3O4. The Labute approximate surface area is 218 Å². The molecule has 0 N–H and O–H groups in total. The molecule has 7 heteroatoms. The van der Waals surface area contributed by atoms with Crippen molar-refractivity contribution in [2.24, 2.45) is 0 Å². The van der Waals surface area contributed by atoms with Gasteiger partial charge in [0.1, 0.15) is 17.8 Å². The number of benzene rings is 1. The number of hydrogen-bond donors (Lipinski definition) is 0. The van der Waals surface area contributed by atoms with Gasteiger partial charge in [-0.05, 0) is 61.7 Å². The zero-order valence-corrected chi connectivity index (χ0v) is 21.2. The molecule has 3 heterocycles. The molecule has 0 unspecified atom stereocenters. The van der Waals surface area contributed by atoms with Crippen LogP contribution in [0.15, 0.2) is 95.3 Å². The minimum Gasteiger partial charge on any atom is -0.467 e. The number of likely N-dealkylation sites (tertiary alicyclic amines) is 1. The van der Waals surface area contributed by atoms with Crippen molar-refractivity contribution in [2.75, 3.05) is 33.2 Å². The summed E-state index contributed by atoms with van der Waals surface area (Å²) in [5, 5.41) is 0. The average molecular weight is 500 g/mol. The van der Waals surface area contributed by atoms with E-state index in [1.807, 2.05) is 55.9 Å². The molecule has 1 aliphatic carbocycles. The van der Waals surface area contributed by atoms with Crippen LogP contribution >= 0.6 is 0 Å². The van der Waals surface area contributed by atoms with Crippen molar-refractivity contribution in [2.45, 2.75) is 31.7 Å². The van der Waals surface area contributed by atoms with Crippen LogP contribution in [0.5, 0.6) is 0 Å². The van der Waals surface area contributed by atoms with Gasteiger partial charge >= 0.3 is 0 Å². The van der Waals surface area contributed by atoms with Crippen LogP contribution in [0.1, 0.15) is 46.9 Å². The third-order valence-corrected chi connectivity index (χ3v) is 7.20. The highest BCUT2D eigenvalue weighted by molar-refractivity contribution is 5.95. The Hall–Kier alpha value is -3.84. The predicted molar refractivity (Wildman–Crippen MR) is 141 cm³/mol. The predicted octanol–water partition coefficient (Wildman–Crippen LogP) is 4.83. The molecule has 1 saturated heterocycles. The molecule has 1 fully saturated rings. The van der Waals surface area contributed by atoms with E-state index >= 15 is 0 Å². The summed E-state index contributed by atoms with van der Waals surface area (Å²) in [6.07, 6.45) is 15.0. The fourth-order valence-corrected chi connectivity index (χ4v) is 5.14. The number of piperidine rings is 1. The fourth-order valence-electron chi connectivity index (χ4n) is 5.14. The molecule has 37 heavy (non-hydrogen) atoms. The minimum absolute atomic E-state index is 0.0291. The summed E-state index contributed by atoms with van der Waals surface area (Å²) in [6.45, 7) is 4.22. The molecule has 1 amide bonds. The van der Waals surface area contributed by atoms with E-state index in [1.165, 1.54) is 0 Å². The smallest absolute Gasteiger partial charge is 0.254 e. The molecule has 3 aliphatic rings. The third kappa shape index (κ3) is 6.12. The fraction of sp³-hybridized carbons (Fsp3) is 0.333. The van der Waals surface area contributed by atoms with Crippen LogP contribution in [-0.4, -0.2) is 59.6 Å². The lowest BCUT2D eigenvalue weighted by molar-refractivity contribution is -0.114. The van der Waals surface area contributed by atoms with Crippen LogP contribution in [-0.2, 0) is 16.1 Å². The molecule has 0 radical (unpaired) electrons. The Morgan fingerprint density at radius 1 is 1.11 bits per heavy atom. The van der Waals surface area contributed by atoms with Gasteiger partial charge in [-0.25, -0.2) is 0 Å². The monoisotopic (exact) mass is 499 g/mol. The Morgan fingerprint density at radius 2 is 1.95 bits per heavy atom. The summed E-state index contributed by atoms with van der Waals surface area (Å²) >= 11 is 0. The van der Waals surface area contributed by atoms with Crippen molar-refractivity contribution in [3.05, 3.63) is 108 Å². The summed E-state index contributed by atoms with van der Waals surface area (Å²) in [6, 6.07) is 11.8. The van der Waals surface area contributed by atoms with Gasteiger partial charge in [-0.3, -0.25) is 9.59 Å². The summed E-state index contributed by atoms with van der Waals surface area (Å²) in [5.74, 6) is 2.00. The van der Waals surface area contributed by atoms with Crippen LogP contribution in [0, 0.1) is 0 Å². The SMILES string of the molecule is CN(Cc1ccco1)C(=O)c1ccccc1C1CCN(CCN2C=COC(C3=CC=CC(=O)C3)=C2)CC1. The molecule has 192 valence electrons. The highest BCUT2D eigenvalue weighted by atomic mass is 16.5. The maximum absolute atomic E-state index is 13.3. The highest BCUT2D eigenvalue weighted by Crippen LogP contribution is 2.31. The van der Waals surface area contributed by atoms with Gasteiger partial charge in [0.25, 0.3) is 5.91 Å². The number of furan rings is 1. The van der Waals surface area contributed by atoms with E-state index < -0.39 is 0 Å². The van der Waals surface area contributed by atoms with Gasteiger partial charge < -0.3 is 23.9 Å². The van der Waals surface area contributed by atoms with Crippen molar-refractivity contribution >= 4 is 11.7 Å². The van der Waals surface area contributed by atoms with E-state index in [-0.39, 0.29) is 11.7 Å². The second-order valence-electron chi connectivity index (χ2n) is 9.77. The molecular weight excluding hydrogens is 466 g/mol. The standard InChI is InChI=1S/C30H33N3O4/c1-31(21-26-8-5-18-36-26)30(35)28-10-3-2-9-27(28)23-11-13-32(14-12-23)15-16-33-17-19-37-29(22-33)24-6-4-7-25(34)20-24/h2-10,17-19,22-23H,11-16,20-21H2,1H3. The van der Waals surface area contributed by atoms with E-state index in [0.717, 1.165) is 67.2 Å². The Kier molecular flexibility index (Phi) is 7.70. The van der Waals surface area contributed by atoms with Crippen molar-refractivity contribution in [3.8, 4) is 0 Å². The second kappa shape index (κ2) is 11.5. The number of hydrogen-bond acceptors (Lipinski definition) is 6. The Balaban J connectivity index is 1.15. The van der Waals surface area contributed by atoms with Gasteiger partial charge in [0.2, 0.25) is 0 Å². The molecule has 0 saturated carbocycles. The van der Waals surface area contributed by atoms with Crippen LogP contribution in [0.2, 0.25) is 0 Å². The van der Waals surface area contributed by atoms with Gasteiger partial charge in [-0.1, -0.05) is 30.4 Å². The number of ether oxygens (including phenoxy) is 1. The van der Waals surface area contributed by atoms with Gasteiger partial charge in [0.05, 0.1) is 12.8 Å². The zero-order valence-electron chi connectivity index (χ0n) is 21.2. The first-order valence-corrected chi connectivity index (χ1v) is 12.9. The highest BCUT2D eigenvalue weighted by Gasteiger charge is 2.26. The zero-order chi connectivity index (χ0) is 25.6. The number of amides is 1. The number of ketones is 1. The second-order valence-corrected chi connectivity index (χ2v) is 9.77. The van der Waals surface area contributed by atoms with Crippen molar-refractivity contribution in [1.29, 1.82) is 0 Å². The van der Waals surface area contributed by atoms with Crippen molar-refractivity contribution in [1.82, 2.24) is 14.7 Å². The van der Waals surface area contributed by atoms with E-state index in [0.29, 0.717) is 18.9 Å². The molecule has 0 bridgehead atoms.